The van der Waals surface area contributed by atoms with E-state index in [0.29, 0.717) is 29.3 Å². The van der Waals surface area contributed by atoms with Crippen LogP contribution in [0.5, 0.6) is 0 Å². The number of imidazole rings is 1. The van der Waals surface area contributed by atoms with Crippen LogP contribution in [0.25, 0.3) is 22.3 Å². The van der Waals surface area contributed by atoms with Crippen molar-refractivity contribution in [3.8, 4) is 11.3 Å². The number of amides is 1. The molecule has 0 atom stereocenters. The topological polar surface area (TPSA) is 124 Å². The van der Waals surface area contributed by atoms with E-state index in [0.717, 1.165) is 63.9 Å². The van der Waals surface area contributed by atoms with E-state index in [4.69, 9.17) is 5.11 Å². The van der Waals surface area contributed by atoms with Gasteiger partial charge in [0.25, 0.3) is 0 Å². The molecule has 3 N–H and O–H groups in total. The van der Waals surface area contributed by atoms with Gasteiger partial charge >= 0.3 is 6.09 Å². The Balaban J connectivity index is 1.19. The van der Waals surface area contributed by atoms with E-state index in [1.165, 1.54) is 6.07 Å². The SMILES string of the molecule is Cc1nc2c(F)cc(-c3nc(Nc4ccc(CN5CCN(CCCCNC(=O)O)CC5)cn4)ncc3F)cc2n1C(C)C. The molecular weight excluding hydrogens is 556 g/mol. The minimum absolute atomic E-state index is 0.0138. The molecule has 0 saturated carbocycles. The number of pyridine rings is 1. The van der Waals surface area contributed by atoms with Crippen molar-refractivity contribution in [2.75, 3.05) is 44.6 Å². The number of rotatable bonds is 11. The lowest BCUT2D eigenvalue weighted by molar-refractivity contribution is 0.125. The first kappa shape index (κ1) is 30.2. The summed E-state index contributed by atoms with van der Waals surface area (Å²) in [7, 11) is 0. The van der Waals surface area contributed by atoms with E-state index in [-0.39, 0.29) is 23.2 Å². The lowest BCUT2D eigenvalue weighted by atomic mass is 10.1. The number of fused-ring (bicyclic) bond motifs is 1. The Morgan fingerprint density at radius 3 is 2.47 bits per heavy atom. The maximum Gasteiger partial charge on any atom is 0.404 e. The first-order valence-electron chi connectivity index (χ1n) is 14.5. The molecule has 228 valence electrons. The molecule has 1 aliphatic rings. The number of anilines is 2. The van der Waals surface area contributed by atoms with Crippen LogP contribution in [0.1, 0.15) is 44.1 Å². The Morgan fingerprint density at radius 2 is 1.77 bits per heavy atom. The van der Waals surface area contributed by atoms with E-state index in [9.17, 15) is 13.6 Å². The van der Waals surface area contributed by atoms with Crippen molar-refractivity contribution in [3.63, 3.8) is 0 Å². The van der Waals surface area contributed by atoms with Crippen LogP contribution < -0.4 is 10.6 Å². The van der Waals surface area contributed by atoms with Crippen molar-refractivity contribution in [1.82, 2.24) is 39.6 Å². The van der Waals surface area contributed by atoms with Crippen LogP contribution in [0.15, 0.2) is 36.7 Å². The highest BCUT2D eigenvalue weighted by atomic mass is 19.1. The average molecular weight is 594 g/mol. The third-order valence-electron chi connectivity index (χ3n) is 7.57. The number of nitrogens with one attached hydrogen (secondary N) is 2. The summed E-state index contributed by atoms with van der Waals surface area (Å²) in [6.07, 6.45) is 3.69. The molecule has 0 spiro atoms. The first-order valence-corrected chi connectivity index (χ1v) is 14.5. The zero-order valence-corrected chi connectivity index (χ0v) is 24.6. The van der Waals surface area contributed by atoms with Crippen LogP contribution in [0, 0.1) is 18.6 Å². The Morgan fingerprint density at radius 1 is 1.00 bits per heavy atom. The third-order valence-corrected chi connectivity index (χ3v) is 7.57. The van der Waals surface area contributed by atoms with Crippen LogP contribution >= 0.6 is 0 Å². The number of piperazine rings is 1. The molecule has 4 aromatic rings. The second-order valence-corrected chi connectivity index (χ2v) is 11.1. The van der Waals surface area contributed by atoms with E-state index in [2.05, 4.69) is 40.4 Å². The molecule has 13 heteroatoms. The fourth-order valence-electron chi connectivity index (χ4n) is 5.48. The van der Waals surface area contributed by atoms with Crippen LogP contribution in [-0.2, 0) is 6.54 Å². The van der Waals surface area contributed by atoms with E-state index in [1.54, 1.807) is 12.3 Å². The Labute approximate surface area is 249 Å². The summed E-state index contributed by atoms with van der Waals surface area (Å²) in [5.41, 5.74) is 2.18. The number of hydrogen-bond acceptors (Lipinski definition) is 8. The highest BCUT2D eigenvalue weighted by Crippen LogP contribution is 2.30. The fourth-order valence-corrected chi connectivity index (χ4v) is 5.48. The summed E-state index contributed by atoms with van der Waals surface area (Å²) in [5.74, 6) is 0.157. The van der Waals surface area contributed by atoms with Gasteiger partial charge in [-0.05, 0) is 63.9 Å². The summed E-state index contributed by atoms with van der Waals surface area (Å²) in [6, 6.07) is 6.83. The fraction of sp³-hybridized carbons (Fsp3) is 0.433. The van der Waals surface area contributed by atoms with Crippen molar-refractivity contribution < 1.29 is 18.7 Å². The molecule has 1 aliphatic heterocycles. The van der Waals surface area contributed by atoms with Gasteiger partial charge in [-0.2, -0.15) is 0 Å². The highest BCUT2D eigenvalue weighted by Gasteiger charge is 2.19. The van der Waals surface area contributed by atoms with Gasteiger partial charge < -0.3 is 25.2 Å². The normalized spacial score (nSPS) is 14.5. The van der Waals surface area contributed by atoms with Gasteiger partial charge in [0.2, 0.25) is 5.95 Å². The molecule has 1 fully saturated rings. The van der Waals surface area contributed by atoms with E-state index < -0.39 is 17.7 Å². The van der Waals surface area contributed by atoms with Gasteiger partial charge in [0.05, 0.1) is 11.7 Å². The molecule has 0 radical (unpaired) electrons. The lowest BCUT2D eigenvalue weighted by Crippen LogP contribution is -2.46. The molecule has 0 unspecified atom stereocenters. The minimum Gasteiger partial charge on any atom is -0.465 e. The van der Waals surface area contributed by atoms with Crippen LogP contribution in [0.2, 0.25) is 0 Å². The van der Waals surface area contributed by atoms with Gasteiger partial charge in [0.1, 0.15) is 22.9 Å². The predicted octanol–water partition coefficient (Wildman–Crippen LogP) is 4.96. The number of benzene rings is 1. The van der Waals surface area contributed by atoms with Gasteiger partial charge in [-0.25, -0.2) is 33.5 Å². The van der Waals surface area contributed by atoms with Gasteiger partial charge in [0, 0.05) is 57.1 Å². The quantitative estimate of drug-likeness (QED) is 0.207. The van der Waals surface area contributed by atoms with Crippen molar-refractivity contribution in [2.24, 2.45) is 0 Å². The molecule has 0 bridgehead atoms. The smallest absolute Gasteiger partial charge is 0.404 e. The van der Waals surface area contributed by atoms with Crippen molar-refractivity contribution in [1.29, 1.82) is 0 Å². The number of unbranched alkanes of at least 4 members (excludes halogenated alkanes) is 1. The highest BCUT2D eigenvalue weighted by molar-refractivity contribution is 5.83. The Hall–Kier alpha value is -4.23. The number of halogens is 2. The van der Waals surface area contributed by atoms with Gasteiger partial charge in [-0.15, -0.1) is 0 Å². The third kappa shape index (κ3) is 7.41. The zero-order chi connectivity index (χ0) is 30.5. The van der Waals surface area contributed by atoms with Crippen LogP contribution in [0.4, 0.5) is 25.3 Å². The number of hydrogen-bond donors (Lipinski definition) is 3. The van der Waals surface area contributed by atoms with Gasteiger partial charge in [0.15, 0.2) is 11.6 Å². The maximum absolute atomic E-state index is 15.0. The summed E-state index contributed by atoms with van der Waals surface area (Å²) < 4.78 is 31.8. The number of nitrogens with zero attached hydrogens (tertiary/aromatic N) is 7. The zero-order valence-electron chi connectivity index (χ0n) is 24.6. The Kier molecular flexibility index (Phi) is 9.41. The molecule has 1 aromatic carbocycles. The summed E-state index contributed by atoms with van der Waals surface area (Å²) in [6.45, 7) is 11.9. The van der Waals surface area contributed by atoms with Crippen LogP contribution in [-0.4, -0.2) is 84.8 Å². The van der Waals surface area contributed by atoms with E-state index in [1.807, 2.05) is 37.5 Å². The standard InChI is InChI=1S/C30H37F2N9O2/c1-19(2)41-20(3)36-28-23(31)14-22(15-25(28)41)27-24(32)17-35-29(38-27)37-26-7-6-21(16-34-26)18-40-12-10-39(11-13-40)9-5-4-8-33-30(42)43/h6-7,14-17,19,33H,4-5,8-13,18H2,1-3H3,(H,42,43)(H,34,35,37,38). The monoisotopic (exact) mass is 593 g/mol. The van der Waals surface area contributed by atoms with Crippen molar-refractivity contribution in [2.45, 2.75) is 46.2 Å². The summed E-state index contributed by atoms with van der Waals surface area (Å²) in [4.78, 5) is 32.6. The Bertz CT molecular complexity index is 1570. The molecule has 1 amide bonds. The van der Waals surface area contributed by atoms with Gasteiger partial charge in [-0.3, -0.25) is 4.90 Å². The van der Waals surface area contributed by atoms with Gasteiger partial charge in [-0.1, -0.05) is 6.07 Å². The van der Waals surface area contributed by atoms with Crippen molar-refractivity contribution in [3.05, 3.63) is 59.7 Å². The number of carboxylic acid groups (broad SMARTS) is 1. The number of aromatic nitrogens is 5. The molecule has 11 nitrogen and oxygen atoms in total. The molecule has 3 aromatic heterocycles. The predicted molar refractivity (Wildman–Crippen MR) is 160 cm³/mol. The average Bonchev–Trinajstić information content (AvgIpc) is 3.32. The maximum atomic E-state index is 15.0. The molecular formula is C30H37F2N9O2. The second kappa shape index (κ2) is 13.4. The van der Waals surface area contributed by atoms with E-state index >= 15 is 0 Å². The van der Waals surface area contributed by atoms with Crippen LogP contribution in [0.3, 0.4) is 0 Å². The minimum atomic E-state index is -0.974. The number of aryl methyl sites for hydroxylation is 1. The summed E-state index contributed by atoms with van der Waals surface area (Å²) >= 11 is 0. The molecule has 1 saturated heterocycles. The molecule has 43 heavy (non-hydrogen) atoms. The second-order valence-electron chi connectivity index (χ2n) is 11.1. The molecule has 5 rings (SSSR count). The molecule has 0 aliphatic carbocycles. The largest absolute Gasteiger partial charge is 0.465 e. The van der Waals surface area contributed by atoms with Crippen molar-refractivity contribution >= 4 is 28.9 Å². The number of carbonyl (C=O) groups is 1. The lowest BCUT2D eigenvalue weighted by Gasteiger charge is -2.34. The summed E-state index contributed by atoms with van der Waals surface area (Å²) in [5, 5.41) is 14.1. The first-order chi connectivity index (χ1) is 20.7. The molecule has 4 heterocycles.